The average Bonchev–Trinajstić information content (AvgIpc) is 2.81. The summed E-state index contributed by atoms with van der Waals surface area (Å²) in [7, 11) is 2.05. The first-order chi connectivity index (χ1) is 8.76. The van der Waals surface area contributed by atoms with Crippen LogP contribution >= 0.6 is 15.9 Å². The highest BCUT2D eigenvalue weighted by atomic mass is 79.9. The Morgan fingerprint density at radius 3 is 2.78 bits per heavy atom. The quantitative estimate of drug-likeness (QED) is 0.927. The Bertz CT molecular complexity index is 543. The first-order valence-corrected chi connectivity index (χ1v) is 7.24. The van der Waals surface area contributed by atoms with Crippen molar-refractivity contribution in [2.24, 2.45) is 0 Å². The molecule has 18 heavy (non-hydrogen) atoms. The minimum Gasteiger partial charge on any atom is -0.317 e. The van der Waals surface area contributed by atoms with Crippen LogP contribution in [0, 0.1) is 0 Å². The molecule has 0 amide bonds. The van der Waals surface area contributed by atoms with E-state index in [0.717, 1.165) is 15.9 Å². The number of halogens is 1. The second kappa shape index (κ2) is 4.97. The van der Waals surface area contributed by atoms with E-state index >= 15 is 0 Å². The lowest BCUT2D eigenvalue weighted by Crippen LogP contribution is -2.29. The van der Waals surface area contributed by atoms with E-state index in [2.05, 4.69) is 31.3 Å². The Morgan fingerprint density at radius 2 is 2.06 bits per heavy atom. The number of rotatable bonds is 2. The van der Waals surface area contributed by atoms with Crippen LogP contribution in [0.5, 0.6) is 0 Å². The Balaban J connectivity index is 1.82. The molecular weight excluding hydrogens is 292 g/mol. The van der Waals surface area contributed by atoms with Crippen molar-refractivity contribution in [1.82, 2.24) is 19.9 Å². The van der Waals surface area contributed by atoms with Crippen LogP contribution in [0.4, 0.5) is 0 Å². The summed E-state index contributed by atoms with van der Waals surface area (Å²) in [5.41, 5.74) is 0.934. The lowest BCUT2D eigenvalue weighted by molar-refractivity contribution is 0.351. The molecule has 0 aliphatic heterocycles. The third-order valence-electron chi connectivity index (χ3n) is 3.81. The van der Waals surface area contributed by atoms with Crippen molar-refractivity contribution in [3.63, 3.8) is 0 Å². The number of nitrogens with one attached hydrogen (secondary N) is 1. The van der Waals surface area contributed by atoms with E-state index in [1.807, 2.05) is 29.9 Å². The fourth-order valence-electron chi connectivity index (χ4n) is 2.69. The third-order valence-corrected chi connectivity index (χ3v) is 4.28. The number of pyridine rings is 1. The van der Waals surface area contributed by atoms with Crippen LogP contribution in [-0.4, -0.2) is 27.7 Å². The smallest absolute Gasteiger partial charge is 0.155 e. The molecule has 0 saturated heterocycles. The molecule has 96 valence electrons. The first kappa shape index (κ1) is 12.1. The highest BCUT2D eigenvalue weighted by molar-refractivity contribution is 9.10. The summed E-state index contributed by atoms with van der Waals surface area (Å²) in [6, 6.07) is 4.68. The van der Waals surface area contributed by atoms with E-state index in [1.165, 1.54) is 25.7 Å². The van der Waals surface area contributed by atoms with Gasteiger partial charge in [-0.3, -0.25) is 0 Å². The van der Waals surface area contributed by atoms with Crippen molar-refractivity contribution >= 4 is 21.6 Å². The van der Waals surface area contributed by atoms with Gasteiger partial charge in [-0.15, -0.1) is 0 Å². The van der Waals surface area contributed by atoms with Gasteiger partial charge in [-0.1, -0.05) is 0 Å². The molecule has 1 N–H and O–H groups in total. The van der Waals surface area contributed by atoms with Gasteiger partial charge >= 0.3 is 0 Å². The molecule has 2 aromatic heterocycles. The summed E-state index contributed by atoms with van der Waals surface area (Å²) in [5.74, 6) is 1.52. The van der Waals surface area contributed by atoms with Crippen LogP contribution in [0.3, 0.4) is 0 Å². The van der Waals surface area contributed by atoms with E-state index in [1.54, 1.807) is 0 Å². The van der Waals surface area contributed by atoms with Gasteiger partial charge in [-0.25, -0.2) is 9.50 Å². The van der Waals surface area contributed by atoms with E-state index in [4.69, 9.17) is 0 Å². The summed E-state index contributed by atoms with van der Waals surface area (Å²) >= 11 is 3.46. The molecule has 1 saturated carbocycles. The number of hydrogen-bond acceptors (Lipinski definition) is 3. The summed E-state index contributed by atoms with van der Waals surface area (Å²) < 4.78 is 2.90. The van der Waals surface area contributed by atoms with Gasteiger partial charge in [0.15, 0.2) is 11.5 Å². The van der Waals surface area contributed by atoms with Crippen LogP contribution in [0.25, 0.3) is 5.65 Å². The largest absolute Gasteiger partial charge is 0.317 e. The number of aromatic nitrogens is 3. The van der Waals surface area contributed by atoms with Crippen molar-refractivity contribution in [2.45, 2.75) is 37.6 Å². The van der Waals surface area contributed by atoms with Gasteiger partial charge in [0.2, 0.25) is 0 Å². The fourth-order valence-corrected chi connectivity index (χ4v) is 3.01. The van der Waals surface area contributed by atoms with Gasteiger partial charge in [0.05, 0.1) is 0 Å². The standard InChI is InChI=1S/C13H17BrN4/c1-15-11-5-2-9(3-6-11)13-16-12-7-4-10(14)8-18(12)17-13/h4,7-9,11,15H,2-3,5-6H2,1H3. The summed E-state index contributed by atoms with van der Waals surface area (Å²) in [6.07, 6.45) is 6.78. The highest BCUT2D eigenvalue weighted by Crippen LogP contribution is 2.31. The average molecular weight is 309 g/mol. The molecule has 2 heterocycles. The zero-order chi connectivity index (χ0) is 12.5. The van der Waals surface area contributed by atoms with E-state index in [-0.39, 0.29) is 0 Å². The molecule has 1 fully saturated rings. The lowest BCUT2D eigenvalue weighted by Gasteiger charge is -2.26. The predicted molar refractivity (Wildman–Crippen MR) is 74.7 cm³/mol. The predicted octanol–water partition coefficient (Wildman–Crippen LogP) is 2.74. The van der Waals surface area contributed by atoms with Crippen molar-refractivity contribution in [3.8, 4) is 0 Å². The van der Waals surface area contributed by atoms with Gasteiger partial charge in [0, 0.05) is 22.6 Å². The Hall–Kier alpha value is -0.940. The Kier molecular flexibility index (Phi) is 3.35. The molecule has 4 nitrogen and oxygen atoms in total. The van der Waals surface area contributed by atoms with Gasteiger partial charge in [0.1, 0.15) is 0 Å². The molecule has 0 unspecified atom stereocenters. The van der Waals surface area contributed by atoms with E-state index in [9.17, 15) is 0 Å². The van der Waals surface area contributed by atoms with Crippen LogP contribution in [0.2, 0.25) is 0 Å². The van der Waals surface area contributed by atoms with Crippen molar-refractivity contribution < 1.29 is 0 Å². The minimum absolute atomic E-state index is 0.522. The zero-order valence-electron chi connectivity index (χ0n) is 10.4. The Labute approximate surface area is 115 Å². The maximum absolute atomic E-state index is 4.64. The van der Waals surface area contributed by atoms with Crippen molar-refractivity contribution in [1.29, 1.82) is 0 Å². The molecule has 0 aromatic carbocycles. The fraction of sp³-hybridized carbons (Fsp3) is 0.538. The monoisotopic (exact) mass is 308 g/mol. The van der Waals surface area contributed by atoms with Crippen LogP contribution in [0.15, 0.2) is 22.8 Å². The summed E-state index contributed by atoms with van der Waals surface area (Å²) in [4.78, 5) is 4.64. The third kappa shape index (κ3) is 2.29. The van der Waals surface area contributed by atoms with E-state index in [0.29, 0.717) is 12.0 Å². The van der Waals surface area contributed by atoms with Crippen LogP contribution in [-0.2, 0) is 0 Å². The molecule has 0 radical (unpaired) electrons. The molecule has 5 heteroatoms. The van der Waals surface area contributed by atoms with Gasteiger partial charge in [-0.05, 0) is 60.8 Å². The van der Waals surface area contributed by atoms with E-state index < -0.39 is 0 Å². The first-order valence-electron chi connectivity index (χ1n) is 6.45. The van der Waals surface area contributed by atoms with Crippen LogP contribution < -0.4 is 5.32 Å². The SMILES string of the molecule is CNC1CCC(c2nc3ccc(Br)cn3n2)CC1. The second-order valence-corrected chi connectivity index (χ2v) is 5.87. The molecule has 1 aliphatic carbocycles. The topological polar surface area (TPSA) is 42.2 Å². The molecule has 0 bridgehead atoms. The summed E-state index contributed by atoms with van der Waals surface area (Å²) in [5, 5.41) is 7.96. The van der Waals surface area contributed by atoms with Crippen LogP contribution in [0.1, 0.15) is 37.4 Å². The van der Waals surface area contributed by atoms with Crippen molar-refractivity contribution in [2.75, 3.05) is 7.05 Å². The molecule has 2 aromatic rings. The number of hydrogen-bond donors (Lipinski definition) is 1. The molecule has 0 spiro atoms. The zero-order valence-corrected chi connectivity index (χ0v) is 12.0. The molecule has 1 aliphatic rings. The molecular formula is C13H17BrN4. The Morgan fingerprint density at radius 1 is 1.28 bits per heavy atom. The number of nitrogens with zero attached hydrogens (tertiary/aromatic N) is 3. The van der Waals surface area contributed by atoms with Gasteiger partial charge in [0.25, 0.3) is 0 Å². The van der Waals surface area contributed by atoms with Gasteiger partial charge < -0.3 is 5.32 Å². The maximum Gasteiger partial charge on any atom is 0.155 e. The van der Waals surface area contributed by atoms with Gasteiger partial charge in [-0.2, -0.15) is 5.10 Å². The number of fused-ring (bicyclic) bond motifs is 1. The maximum atomic E-state index is 4.64. The molecule has 3 rings (SSSR count). The second-order valence-electron chi connectivity index (χ2n) is 4.96. The minimum atomic E-state index is 0.522. The van der Waals surface area contributed by atoms with Crippen molar-refractivity contribution in [3.05, 3.63) is 28.6 Å². The lowest BCUT2D eigenvalue weighted by atomic mass is 9.86. The summed E-state index contributed by atoms with van der Waals surface area (Å²) in [6.45, 7) is 0. The normalized spacial score (nSPS) is 24.6. The molecule has 0 atom stereocenters. The highest BCUT2D eigenvalue weighted by Gasteiger charge is 2.24.